The van der Waals surface area contributed by atoms with Crippen molar-refractivity contribution in [2.24, 2.45) is 0 Å². The molecule has 0 spiro atoms. The second-order valence-electron chi connectivity index (χ2n) is 5.56. The van der Waals surface area contributed by atoms with E-state index in [9.17, 15) is 30.3 Å². The molecule has 28 heavy (non-hydrogen) atoms. The summed E-state index contributed by atoms with van der Waals surface area (Å²) in [6.45, 7) is 0. The molecule has 0 N–H and O–H groups in total. The number of benzene rings is 3. The number of nitrogens with zero attached hydrogens (tertiary/aromatic N) is 3. The molecule has 0 aliphatic carbocycles. The first-order valence-electron chi connectivity index (χ1n) is 7.84. The highest BCUT2D eigenvalue weighted by Crippen LogP contribution is 2.33. The Bertz CT molecular complexity index is 900. The monoisotopic (exact) mass is 398 g/mol. The van der Waals surface area contributed by atoms with Crippen molar-refractivity contribution < 1.29 is 14.8 Å². The van der Waals surface area contributed by atoms with Crippen LogP contribution < -0.4 is 0 Å². The smallest absolute Gasteiger partial charge is 0.258 e. The first kappa shape index (κ1) is 19.0. The summed E-state index contributed by atoms with van der Waals surface area (Å²) in [5.74, 6) is 0. The van der Waals surface area contributed by atoms with Gasteiger partial charge in [-0.1, -0.05) is 0 Å². The second kappa shape index (κ2) is 7.84. The molecule has 0 radical (unpaired) electrons. The number of rotatable bonds is 6. The molecule has 0 saturated heterocycles. The minimum absolute atomic E-state index is 0.0558. The Morgan fingerprint density at radius 1 is 0.464 bits per heavy atom. The SMILES string of the molecule is O=[N+]([O-])c1ccc([S+](c2ccc([N+](=O)[O-])cc2)c2ccc([N+](=O)[O-])cc2)cc1. The summed E-state index contributed by atoms with van der Waals surface area (Å²) in [4.78, 5) is 33.4. The lowest BCUT2D eigenvalue weighted by molar-refractivity contribution is -0.385. The van der Waals surface area contributed by atoms with Gasteiger partial charge in [-0.25, -0.2) is 0 Å². The molecular weight excluding hydrogens is 386 g/mol. The average Bonchev–Trinajstić information content (AvgIpc) is 2.69. The lowest BCUT2D eigenvalue weighted by Crippen LogP contribution is -2.05. The van der Waals surface area contributed by atoms with E-state index in [4.69, 9.17) is 0 Å². The number of nitro benzene ring substituents is 3. The molecular formula is C18H12N3O6S+. The molecule has 10 heteroatoms. The van der Waals surface area contributed by atoms with E-state index in [1.807, 2.05) is 0 Å². The summed E-state index contributed by atoms with van der Waals surface area (Å²) < 4.78 is 0. The van der Waals surface area contributed by atoms with Crippen LogP contribution in [0.1, 0.15) is 0 Å². The Morgan fingerprint density at radius 2 is 0.679 bits per heavy atom. The fraction of sp³-hybridized carbons (Fsp3) is 0. The van der Waals surface area contributed by atoms with E-state index in [1.165, 1.54) is 36.4 Å². The average molecular weight is 398 g/mol. The highest BCUT2D eigenvalue weighted by atomic mass is 32.2. The molecule has 0 unspecified atom stereocenters. The van der Waals surface area contributed by atoms with Gasteiger partial charge >= 0.3 is 0 Å². The van der Waals surface area contributed by atoms with Gasteiger partial charge in [0.25, 0.3) is 17.1 Å². The lowest BCUT2D eigenvalue weighted by Gasteiger charge is -2.07. The molecule has 0 fully saturated rings. The van der Waals surface area contributed by atoms with Crippen molar-refractivity contribution in [1.82, 2.24) is 0 Å². The molecule has 0 bridgehead atoms. The van der Waals surface area contributed by atoms with E-state index in [2.05, 4.69) is 0 Å². The molecule has 3 aromatic rings. The zero-order valence-electron chi connectivity index (χ0n) is 14.1. The highest BCUT2D eigenvalue weighted by molar-refractivity contribution is 7.97. The maximum Gasteiger partial charge on any atom is 0.269 e. The van der Waals surface area contributed by atoms with Gasteiger partial charge in [0.2, 0.25) is 0 Å². The van der Waals surface area contributed by atoms with Crippen molar-refractivity contribution in [3.8, 4) is 0 Å². The van der Waals surface area contributed by atoms with Crippen LogP contribution in [0.25, 0.3) is 0 Å². The molecule has 0 atom stereocenters. The standard InChI is InChI=1S/C18H12N3O6S/c22-19(23)13-1-7-16(8-2-13)28(17-9-3-14(4-10-17)20(24)25)18-11-5-15(6-12-18)21(26)27/h1-12H/q+1. The van der Waals surface area contributed by atoms with Crippen molar-refractivity contribution >= 4 is 28.0 Å². The maximum atomic E-state index is 10.9. The predicted octanol–water partition coefficient (Wildman–Crippen LogP) is 4.51. The molecule has 0 saturated carbocycles. The quantitative estimate of drug-likeness (QED) is 0.341. The van der Waals surface area contributed by atoms with Crippen LogP contribution in [-0.4, -0.2) is 14.8 Å². The van der Waals surface area contributed by atoms with Gasteiger partial charge in [0.05, 0.1) is 25.7 Å². The Labute approximate surface area is 161 Å². The summed E-state index contributed by atoms with van der Waals surface area (Å²) in [7, 11) is -0.747. The van der Waals surface area contributed by atoms with Crippen LogP contribution in [0.5, 0.6) is 0 Å². The van der Waals surface area contributed by atoms with E-state index in [0.29, 0.717) is 0 Å². The van der Waals surface area contributed by atoms with E-state index < -0.39 is 25.7 Å². The molecule has 0 amide bonds. The fourth-order valence-electron chi connectivity index (χ4n) is 2.52. The van der Waals surface area contributed by atoms with E-state index in [-0.39, 0.29) is 17.1 Å². The van der Waals surface area contributed by atoms with Crippen LogP contribution in [0.4, 0.5) is 17.1 Å². The minimum atomic E-state index is -0.747. The molecule has 3 aromatic carbocycles. The number of hydrogen-bond acceptors (Lipinski definition) is 6. The first-order chi connectivity index (χ1) is 13.4. The zero-order valence-corrected chi connectivity index (χ0v) is 14.9. The van der Waals surface area contributed by atoms with Gasteiger partial charge in [-0.05, 0) is 0 Å². The van der Waals surface area contributed by atoms with Crippen molar-refractivity contribution in [1.29, 1.82) is 0 Å². The van der Waals surface area contributed by atoms with Gasteiger partial charge in [0.1, 0.15) is 0 Å². The summed E-state index contributed by atoms with van der Waals surface area (Å²) in [6.07, 6.45) is 0. The largest absolute Gasteiger partial charge is 0.269 e. The lowest BCUT2D eigenvalue weighted by atomic mass is 10.3. The number of nitro groups is 3. The second-order valence-corrected chi connectivity index (χ2v) is 7.59. The summed E-state index contributed by atoms with van der Waals surface area (Å²) in [6, 6.07) is 18.0. The van der Waals surface area contributed by atoms with E-state index in [0.717, 1.165) is 14.7 Å². The van der Waals surface area contributed by atoms with Gasteiger partial charge in [0.15, 0.2) is 14.7 Å². The van der Waals surface area contributed by atoms with Crippen LogP contribution >= 0.6 is 0 Å². The van der Waals surface area contributed by atoms with Crippen molar-refractivity contribution in [3.63, 3.8) is 0 Å². The van der Waals surface area contributed by atoms with Crippen molar-refractivity contribution in [3.05, 3.63) is 103 Å². The van der Waals surface area contributed by atoms with E-state index in [1.54, 1.807) is 36.4 Å². The van der Waals surface area contributed by atoms with Gasteiger partial charge < -0.3 is 0 Å². The van der Waals surface area contributed by atoms with Crippen molar-refractivity contribution in [2.45, 2.75) is 14.7 Å². The molecule has 140 valence electrons. The number of non-ortho nitro benzene ring substituents is 3. The summed E-state index contributed by atoms with van der Waals surface area (Å²) in [5, 5.41) is 32.7. The third-order valence-corrected chi connectivity index (χ3v) is 6.08. The zero-order chi connectivity index (χ0) is 20.3. The third kappa shape index (κ3) is 3.96. The van der Waals surface area contributed by atoms with Crippen molar-refractivity contribution in [2.75, 3.05) is 0 Å². The molecule has 0 aromatic heterocycles. The predicted molar refractivity (Wildman–Crippen MR) is 101 cm³/mol. The maximum absolute atomic E-state index is 10.9. The number of hydrogen-bond donors (Lipinski definition) is 0. The minimum Gasteiger partial charge on any atom is -0.258 e. The first-order valence-corrected chi connectivity index (χ1v) is 9.07. The fourth-order valence-corrected chi connectivity index (χ4v) is 4.56. The summed E-state index contributed by atoms with van der Waals surface area (Å²) >= 11 is 0. The highest BCUT2D eigenvalue weighted by Gasteiger charge is 2.30. The molecule has 0 aliphatic heterocycles. The molecule has 3 rings (SSSR count). The molecule has 0 aliphatic rings. The van der Waals surface area contributed by atoms with Crippen LogP contribution in [0.3, 0.4) is 0 Å². The van der Waals surface area contributed by atoms with Gasteiger partial charge in [-0.2, -0.15) is 0 Å². The molecule has 0 heterocycles. The Morgan fingerprint density at radius 3 is 0.857 bits per heavy atom. The van der Waals surface area contributed by atoms with Gasteiger partial charge in [-0.3, -0.25) is 30.3 Å². The Hall–Kier alpha value is -3.79. The van der Waals surface area contributed by atoms with Crippen LogP contribution in [0, 0.1) is 30.3 Å². The normalized spacial score (nSPS) is 10.6. The Balaban J connectivity index is 2.08. The summed E-state index contributed by atoms with van der Waals surface area (Å²) in [5.41, 5.74) is -0.168. The third-order valence-electron chi connectivity index (χ3n) is 3.85. The Kier molecular flexibility index (Phi) is 5.32. The molecule has 9 nitrogen and oxygen atoms in total. The topological polar surface area (TPSA) is 129 Å². The van der Waals surface area contributed by atoms with Gasteiger partial charge in [0, 0.05) is 72.8 Å². The van der Waals surface area contributed by atoms with Gasteiger partial charge in [-0.15, -0.1) is 0 Å². The van der Waals surface area contributed by atoms with Crippen LogP contribution in [0.2, 0.25) is 0 Å². The van der Waals surface area contributed by atoms with Crippen LogP contribution in [0.15, 0.2) is 87.5 Å². The van der Waals surface area contributed by atoms with E-state index >= 15 is 0 Å². The van der Waals surface area contributed by atoms with Crippen LogP contribution in [-0.2, 0) is 10.9 Å².